The first-order valence-corrected chi connectivity index (χ1v) is 6.80. The average molecular weight is 312 g/mol. The highest BCUT2D eigenvalue weighted by atomic mass is 16.4. The van der Waals surface area contributed by atoms with Gasteiger partial charge < -0.3 is 20.3 Å². The van der Waals surface area contributed by atoms with Gasteiger partial charge in [0.1, 0.15) is 0 Å². The predicted octanol–water partition coefficient (Wildman–Crippen LogP) is 0.987. The first kappa shape index (κ1) is 16.2. The maximum atomic E-state index is 12.0. The predicted molar refractivity (Wildman–Crippen MR) is 80.1 cm³/mol. The van der Waals surface area contributed by atoms with Crippen LogP contribution >= 0.6 is 0 Å². The molecule has 0 radical (unpaired) electrons. The molecule has 6 nitrogen and oxygen atoms in total. The van der Waals surface area contributed by atoms with Crippen molar-refractivity contribution in [3.63, 3.8) is 0 Å². The fourth-order valence-corrected chi connectivity index (χ4v) is 2.02. The van der Waals surface area contributed by atoms with E-state index < -0.39 is 11.9 Å². The molecule has 0 unspecified atom stereocenters. The Hall–Kier alpha value is -3.15. The summed E-state index contributed by atoms with van der Waals surface area (Å²) in [5, 5.41) is 22.5. The van der Waals surface area contributed by atoms with Crippen LogP contribution in [0.5, 0.6) is 0 Å². The molecule has 0 saturated carbocycles. The zero-order chi connectivity index (χ0) is 17.0. The van der Waals surface area contributed by atoms with Crippen LogP contribution in [0.1, 0.15) is 42.2 Å². The van der Waals surface area contributed by atoms with E-state index in [1.54, 1.807) is 24.3 Å². The molecule has 6 heteroatoms. The lowest BCUT2D eigenvalue weighted by Gasteiger charge is -2.10. The summed E-state index contributed by atoms with van der Waals surface area (Å²) in [7, 11) is 0. The molecule has 0 aliphatic rings. The molecule has 0 aromatic heterocycles. The van der Waals surface area contributed by atoms with Crippen LogP contribution in [0.4, 0.5) is 0 Å². The summed E-state index contributed by atoms with van der Waals surface area (Å²) >= 11 is 0. The van der Waals surface area contributed by atoms with E-state index in [1.807, 2.05) is 6.92 Å². The zero-order valence-electron chi connectivity index (χ0n) is 12.3. The Bertz CT molecular complexity index is 733. The summed E-state index contributed by atoms with van der Waals surface area (Å²) in [6.45, 7) is 1.91. The minimum Gasteiger partial charge on any atom is -0.545 e. The van der Waals surface area contributed by atoms with Crippen molar-refractivity contribution in [2.24, 2.45) is 0 Å². The number of hydrogen-bond donors (Lipinski definition) is 2. The molecular weight excluding hydrogens is 298 g/mol. The van der Waals surface area contributed by atoms with Gasteiger partial charge in [0.15, 0.2) is 0 Å². The molecule has 0 bridgehead atoms. The number of carboxylic acid groups (broad SMARTS) is 2. The lowest BCUT2D eigenvalue weighted by atomic mass is 10.1. The topological polar surface area (TPSA) is 107 Å². The van der Waals surface area contributed by atoms with Crippen LogP contribution in [0.15, 0.2) is 42.5 Å². The van der Waals surface area contributed by atoms with Gasteiger partial charge in [0.25, 0.3) is 5.91 Å². The van der Waals surface area contributed by atoms with E-state index in [0.717, 1.165) is 11.6 Å². The molecule has 0 spiro atoms. The molecule has 1 amide bonds. The Labute approximate surface area is 132 Å². The van der Waals surface area contributed by atoms with Gasteiger partial charge >= 0.3 is 5.97 Å². The number of rotatable bonds is 5. The third-order valence-corrected chi connectivity index (χ3v) is 3.24. The second kappa shape index (κ2) is 6.74. The van der Waals surface area contributed by atoms with Crippen LogP contribution in [0, 0.1) is 6.92 Å². The number of carboxylic acids is 2. The van der Waals surface area contributed by atoms with Gasteiger partial charge in [-0.3, -0.25) is 4.79 Å². The van der Waals surface area contributed by atoms with Crippen molar-refractivity contribution in [3.8, 4) is 0 Å². The van der Waals surface area contributed by atoms with E-state index in [0.29, 0.717) is 11.1 Å². The molecule has 2 aromatic rings. The van der Waals surface area contributed by atoms with Gasteiger partial charge in [-0.25, -0.2) is 4.79 Å². The Balaban J connectivity index is 2.16. The van der Waals surface area contributed by atoms with Crippen molar-refractivity contribution < 1.29 is 24.6 Å². The van der Waals surface area contributed by atoms with Crippen LogP contribution in [0.25, 0.3) is 0 Å². The Kier molecular flexibility index (Phi) is 4.75. The van der Waals surface area contributed by atoms with E-state index in [1.165, 1.54) is 12.1 Å². The Morgan fingerprint density at radius 3 is 2.17 bits per heavy atom. The number of carbonyl (C=O) groups excluding carboxylic acids is 2. The summed E-state index contributed by atoms with van der Waals surface area (Å²) in [5.41, 5.74) is 1.43. The molecule has 118 valence electrons. The summed E-state index contributed by atoms with van der Waals surface area (Å²) < 4.78 is 0. The molecule has 2 aromatic carbocycles. The van der Waals surface area contributed by atoms with Gasteiger partial charge in [0.2, 0.25) is 0 Å². The van der Waals surface area contributed by atoms with Crippen molar-refractivity contribution in [3.05, 3.63) is 70.3 Å². The molecule has 2 N–H and O–H groups in total. The van der Waals surface area contributed by atoms with Gasteiger partial charge in [-0.05, 0) is 48.4 Å². The smallest absolute Gasteiger partial charge is 0.335 e. The fourth-order valence-electron chi connectivity index (χ4n) is 2.02. The summed E-state index contributed by atoms with van der Waals surface area (Å²) in [6, 6.07) is 10.5. The first-order valence-electron chi connectivity index (χ1n) is 6.80. The summed E-state index contributed by atoms with van der Waals surface area (Å²) in [4.78, 5) is 34.0. The summed E-state index contributed by atoms with van der Waals surface area (Å²) in [5.74, 6) is -3.06. The highest BCUT2D eigenvalue weighted by Crippen LogP contribution is 2.11. The van der Waals surface area contributed by atoms with E-state index in [4.69, 9.17) is 5.11 Å². The first-order chi connectivity index (χ1) is 10.9. The van der Waals surface area contributed by atoms with Crippen molar-refractivity contribution >= 4 is 17.8 Å². The largest absolute Gasteiger partial charge is 0.545 e. The van der Waals surface area contributed by atoms with E-state index in [-0.39, 0.29) is 23.6 Å². The SMILES string of the molecule is Cc1ccc(C(=O)NCc2cc(C(=O)[O-])cc(C(=O)O)c2)cc1. The third kappa shape index (κ3) is 4.16. The van der Waals surface area contributed by atoms with Crippen LogP contribution < -0.4 is 10.4 Å². The van der Waals surface area contributed by atoms with E-state index >= 15 is 0 Å². The molecule has 0 saturated heterocycles. The van der Waals surface area contributed by atoms with Crippen LogP contribution in [-0.2, 0) is 6.54 Å². The number of benzene rings is 2. The van der Waals surface area contributed by atoms with Gasteiger partial charge in [0, 0.05) is 12.1 Å². The van der Waals surface area contributed by atoms with Crippen molar-refractivity contribution in [2.45, 2.75) is 13.5 Å². The summed E-state index contributed by atoms with van der Waals surface area (Å²) in [6.07, 6.45) is 0. The Morgan fingerprint density at radius 2 is 1.61 bits per heavy atom. The number of amides is 1. The highest BCUT2D eigenvalue weighted by molar-refractivity contribution is 5.95. The molecule has 0 aliphatic heterocycles. The molecule has 0 fully saturated rings. The minimum absolute atomic E-state index is 0.00805. The van der Waals surface area contributed by atoms with Crippen molar-refractivity contribution in [1.29, 1.82) is 0 Å². The van der Waals surface area contributed by atoms with Crippen LogP contribution in [0.2, 0.25) is 0 Å². The maximum Gasteiger partial charge on any atom is 0.335 e. The zero-order valence-corrected chi connectivity index (χ0v) is 12.3. The third-order valence-electron chi connectivity index (χ3n) is 3.24. The van der Waals surface area contributed by atoms with Crippen molar-refractivity contribution in [1.82, 2.24) is 5.32 Å². The fraction of sp³-hybridized carbons (Fsp3) is 0.118. The van der Waals surface area contributed by atoms with Crippen LogP contribution in [0.3, 0.4) is 0 Å². The van der Waals surface area contributed by atoms with E-state index in [9.17, 15) is 19.5 Å². The number of nitrogens with one attached hydrogen (secondary N) is 1. The van der Waals surface area contributed by atoms with Crippen LogP contribution in [-0.4, -0.2) is 23.0 Å². The minimum atomic E-state index is -1.47. The van der Waals surface area contributed by atoms with Gasteiger partial charge in [0.05, 0.1) is 11.5 Å². The van der Waals surface area contributed by atoms with Gasteiger partial charge in [-0.15, -0.1) is 0 Å². The van der Waals surface area contributed by atoms with Crippen molar-refractivity contribution in [2.75, 3.05) is 0 Å². The molecule has 0 atom stereocenters. The maximum absolute atomic E-state index is 12.0. The second-order valence-corrected chi connectivity index (χ2v) is 5.06. The normalized spacial score (nSPS) is 10.1. The van der Waals surface area contributed by atoms with E-state index in [2.05, 4.69) is 5.32 Å². The van der Waals surface area contributed by atoms with Gasteiger partial charge in [-0.2, -0.15) is 0 Å². The highest BCUT2D eigenvalue weighted by Gasteiger charge is 2.10. The quantitative estimate of drug-likeness (QED) is 0.856. The molecular formula is C17H14NO5-. The second-order valence-electron chi connectivity index (χ2n) is 5.06. The molecule has 0 heterocycles. The Morgan fingerprint density at radius 1 is 1.00 bits per heavy atom. The number of aromatic carboxylic acids is 2. The monoisotopic (exact) mass is 312 g/mol. The number of carbonyl (C=O) groups is 3. The molecule has 2 rings (SSSR count). The van der Waals surface area contributed by atoms with Gasteiger partial charge in [-0.1, -0.05) is 17.7 Å². The number of aryl methyl sites for hydroxylation is 1. The average Bonchev–Trinajstić information content (AvgIpc) is 2.52. The molecule has 23 heavy (non-hydrogen) atoms. The number of hydrogen-bond acceptors (Lipinski definition) is 4. The lowest BCUT2D eigenvalue weighted by molar-refractivity contribution is -0.255. The lowest BCUT2D eigenvalue weighted by Crippen LogP contribution is -2.25. The molecule has 0 aliphatic carbocycles. The standard InChI is InChI=1S/C17H15NO5/c1-10-2-4-12(5-3-10)15(19)18-9-11-6-13(16(20)21)8-14(7-11)17(22)23/h2-8H,9H2,1H3,(H,18,19)(H,20,21)(H,22,23)/p-1.